The van der Waals surface area contributed by atoms with E-state index in [0.29, 0.717) is 12.5 Å². The Morgan fingerprint density at radius 3 is 2.33 bits per heavy atom. The largest absolute Gasteiger partial charge is 0.378 e. The summed E-state index contributed by atoms with van der Waals surface area (Å²) in [7, 11) is 0. The number of anilines is 1. The third-order valence-corrected chi connectivity index (χ3v) is 4.70. The summed E-state index contributed by atoms with van der Waals surface area (Å²) in [5.41, 5.74) is 8.10. The van der Waals surface area contributed by atoms with Crippen LogP contribution in [0.2, 0.25) is 0 Å². The molecule has 2 fully saturated rings. The summed E-state index contributed by atoms with van der Waals surface area (Å²) in [5.74, 6) is 0.343. The van der Waals surface area contributed by atoms with Crippen molar-refractivity contribution in [3.05, 3.63) is 29.8 Å². The van der Waals surface area contributed by atoms with Gasteiger partial charge in [0, 0.05) is 18.8 Å². The number of para-hydroxylation sites is 1. The number of rotatable bonds is 4. The Kier molecular flexibility index (Phi) is 8.84. The Bertz CT molecular complexity index is 516. The molecule has 0 spiro atoms. The second kappa shape index (κ2) is 10.1. The molecule has 0 unspecified atom stereocenters. The van der Waals surface area contributed by atoms with Gasteiger partial charge in [-0.25, -0.2) is 0 Å². The highest BCUT2D eigenvalue weighted by Crippen LogP contribution is 2.34. The summed E-state index contributed by atoms with van der Waals surface area (Å²) in [6, 6.07) is 8.75. The summed E-state index contributed by atoms with van der Waals surface area (Å²) in [4.78, 5) is 15.6. The van der Waals surface area contributed by atoms with Crippen molar-refractivity contribution in [2.45, 2.75) is 18.8 Å². The molecule has 2 aliphatic rings. The van der Waals surface area contributed by atoms with E-state index in [1.54, 1.807) is 0 Å². The molecule has 0 radical (unpaired) electrons. The zero-order chi connectivity index (χ0) is 15.4. The van der Waals surface area contributed by atoms with Gasteiger partial charge >= 0.3 is 0 Å². The fourth-order valence-electron chi connectivity index (χ4n) is 3.55. The van der Waals surface area contributed by atoms with E-state index in [4.69, 9.17) is 10.5 Å². The molecule has 0 atom stereocenters. The minimum absolute atomic E-state index is 0. The van der Waals surface area contributed by atoms with Crippen molar-refractivity contribution in [1.29, 1.82) is 0 Å². The zero-order valence-corrected chi connectivity index (χ0v) is 15.5. The molecular weight excluding hydrogens is 349 g/mol. The summed E-state index contributed by atoms with van der Waals surface area (Å²) in [6.45, 7) is 5.85. The van der Waals surface area contributed by atoms with Crippen LogP contribution in [0.4, 0.5) is 5.69 Å². The lowest BCUT2D eigenvalue weighted by atomic mass is 9.88. The van der Waals surface area contributed by atoms with Gasteiger partial charge in [0.2, 0.25) is 5.91 Å². The van der Waals surface area contributed by atoms with Crippen LogP contribution >= 0.6 is 24.8 Å². The van der Waals surface area contributed by atoms with E-state index < -0.39 is 0 Å². The Morgan fingerprint density at radius 2 is 1.71 bits per heavy atom. The number of nitrogens with two attached hydrogens (primary N) is 1. The highest BCUT2D eigenvalue weighted by atomic mass is 35.5. The van der Waals surface area contributed by atoms with E-state index in [0.717, 1.165) is 52.2 Å². The van der Waals surface area contributed by atoms with E-state index in [1.807, 2.05) is 0 Å². The van der Waals surface area contributed by atoms with Crippen molar-refractivity contribution < 1.29 is 9.53 Å². The van der Waals surface area contributed by atoms with E-state index in [9.17, 15) is 4.79 Å². The predicted octanol–water partition coefficient (Wildman–Crippen LogP) is 2.03. The maximum atomic E-state index is 11.0. The van der Waals surface area contributed by atoms with Gasteiger partial charge in [0.1, 0.15) is 0 Å². The maximum absolute atomic E-state index is 11.0. The highest BCUT2D eigenvalue weighted by molar-refractivity contribution is 5.85. The standard InChI is InChI=1S/C17H25N3O2.2ClH/c18-17(21)13-19-7-5-14(6-8-19)15-3-1-2-4-16(15)20-9-11-22-12-10-20;;/h1-4,14H,5-13H2,(H2,18,21);2*1H. The van der Waals surface area contributed by atoms with E-state index >= 15 is 0 Å². The van der Waals surface area contributed by atoms with Gasteiger partial charge in [-0.2, -0.15) is 0 Å². The summed E-state index contributed by atoms with van der Waals surface area (Å²) >= 11 is 0. The monoisotopic (exact) mass is 375 g/mol. The number of carbonyl (C=O) groups excluding carboxylic acids is 1. The van der Waals surface area contributed by atoms with Gasteiger partial charge in [-0.1, -0.05) is 18.2 Å². The number of morpholine rings is 1. The number of halogens is 2. The molecule has 1 aromatic rings. The number of likely N-dealkylation sites (tertiary alicyclic amines) is 1. The molecular formula is C17H27Cl2N3O2. The number of hydrogen-bond acceptors (Lipinski definition) is 4. The van der Waals surface area contributed by atoms with Crippen LogP contribution in [0.25, 0.3) is 0 Å². The van der Waals surface area contributed by atoms with Crippen LogP contribution in [0, 0.1) is 0 Å². The van der Waals surface area contributed by atoms with Gasteiger partial charge < -0.3 is 15.4 Å². The van der Waals surface area contributed by atoms with Gasteiger partial charge in [-0.3, -0.25) is 9.69 Å². The number of carbonyl (C=O) groups is 1. The maximum Gasteiger partial charge on any atom is 0.231 e. The lowest BCUT2D eigenvalue weighted by Crippen LogP contribution is -2.40. The van der Waals surface area contributed by atoms with Crippen LogP contribution in [0.15, 0.2) is 24.3 Å². The average Bonchev–Trinajstić information content (AvgIpc) is 2.56. The number of primary amides is 1. The molecule has 3 rings (SSSR count). The van der Waals surface area contributed by atoms with Crippen molar-refractivity contribution in [3.63, 3.8) is 0 Å². The lowest BCUT2D eigenvalue weighted by molar-refractivity contribution is -0.119. The lowest BCUT2D eigenvalue weighted by Gasteiger charge is -2.35. The molecule has 2 saturated heterocycles. The molecule has 1 aromatic carbocycles. The molecule has 7 heteroatoms. The van der Waals surface area contributed by atoms with Crippen molar-refractivity contribution in [1.82, 2.24) is 4.90 Å². The molecule has 1 amide bonds. The van der Waals surface area contributed by atoms with Gasteiger partial charge in [0.05, 0.1) is 19.8 Å². The molecule has 2 N–H and O–H groups in total. The number of nitrogens with zero attached hydrogens (tertiary/aromatic N) is 2. The van der Waals surface area contributed by atoms with Crippen molar-refractivity contribution in [3.8, 4) is 0 Å². The summed E-state index contributed by atoms with van der Waals surface area (Å²) < 4.78 is 5.47. The van der Waals surface area contributed by atoms with Crippen LogP contribution in [0.5, 0.6) is 0 Å². The molecule has 0 aliphatic carbocycles. The van der Waals surface area contributed by atoms with Crippen LogP contribution in [-0.4, -0.2) is 56.7 Å². The molecule has 0 aromatic heterocycles. The first kappa shape index (κ1) is 21.0. The van der Waals surface area contributed by atoms with Crippen LogP contribution in [-0.2, 0) is 9.53 Å². The number of piperidine rings is 1. The first-order valence-corrected chi connectivity index (χ1v) is 8.16. The van der Waals surface area contributed by atoms with E-state index in [2.05, 4.69) is 34.1 Å². The van der Waals surface area contributed by atoms with Gasteiger partial charge in [-0.15, -0.1) is 24.8 Å². The molecule has 0 saturated carbocycles. The van der Waals surface area contributed by atoms with Gasteiger partial charge in [0.15, 0.2) is 0 Å². The normalized spacial score (nSPS) is 19.2. The zero-order valence-electron chi connectivity index (χ0n) is 13.9. The first-order chi connectivity index (χ1) is 10.7. The molecule has 0 bridgehead atoms. The molecule has 24 heavy (non-hydrogen) atoms. The Balaban J connectivity index is 0.00000144. The number of ether oxygens (including phenoxy) is 1. The number of hydrogen-bond donors (Lipinski definition) is 1. The Hall–Kier alpha value is -1.01. The van der Waals surface area contributed by atoms with Crippen LogP contribution in [0.3, 0.4) is 0 Å². The second-order valence-corrected chi connectivity index (χ2v) is 6.17. The fraction of sp³-hybridized carbons (Fsp3) is 0.588. The minimum atomic E-state index is -0.229. The minimum Gasteiger partial charge on any atom is -0.378 e. The van der Waals surface area contributed by atoms with Crippen molar-refractivity contribution in [2.24, 2.45) is 5.73 Å². The quantitative estimate of drug-likeness (QED) is 0.874. The molecule has 136 valence electrons. The summed E-state index contributed by atoms with van der Waals surface area (Å²) in [5, 5.41) is 0. The van der Waals surface area contributed by atoms with Crippen LogP contribution < -0.4 is 10.6 Å². The predicted molar refractivity (Wildman–Crippen MR) is 102 cm³/mol. The van der Waals surface area contributed by atoms with Crippen molar-refractivity contribution >= 4 is 36.4 Å². The Morgan fingerprint density at radius 1 is 1.08 bits per heavy atom. The third-order valence-electron chi connectivity index (χ3n) is 4.70. The number of amides is 1. The summed E-state index contributed by atoms with van der Waals surface area (Å²) in [6.07, 6.45) is 2.18. The second-order valence-electron chi connectivity index (χ2n) is 6.17. The van der Waals surface area contributed by atoms with Gasteiger partial charge in [0.25, 0.3) is 0 Å². The third kappa shape index (κ3) is 5.24. The first-order valence-electron chi connectivity index (χ1n) is 8.16. The average molecular weight is 376 g/mol. The fourth-order valence-corrected chi connectivity index (χ4v) is 3.55. The highest BCUT2D eigenvalue weighted by Gasteiger charge is 2.25. The number of benzene rings is 1. The van der Waals surface area contributed by atoms with E-state index in [-0.39, 0.29) is 30.7 Å². The topological polar surface area (TPSA) is 58.8 Å². The van der Waals surface area contributed by atoms with Crippen molar-refractivity contribution in [2.75, 3.05) is 50.8 Å². The molecule has 2 aliphatic heterocycles. The van der Waals surface area contributed by atoms with Gasteiger partial charge in [-0.05, 0) is 43.5 Å². The Labute approximate surface area is 156 Å². The SMILES string of the molecule is Cl.Cl.NC(=O)CN1CCC(c2ccccc2N2CCOCC2)CC1. The smallest absolute Gasteiger partial charge is 0.231 e. The molecule has 2 heterocycles. The van der Waals surface area contributed by atoms with E-state index in [1.165, 1.54) is 11.3 Å². The van der Waals surface area contributed by atoms with Crippen LogP contribution in [0.1, 0.15) is 24.3 Å². The molecule has 5 nitrogen and oxygen atoms in total.